The van der Waals surface area contributed by atoms with Gasteiger partial charge in [-0.1, -0.05) is 39.8 Å². The van der Waals surface area contributed by atoms with Gasteiger partial charge >= 0.3 is 0 Å². The van der Waals surface area contributed by atoms with Crippen LogP contribution in [0.4, 0.5) is 0 Å². The molecule has 0 atom stereocenters. The van der Waals surface area contributed by atoms with Gasteiger partial charge in [0.1, 0.15) is 11.5 Å². The van der Waals surface area contributed by atoms with E-state index >= 15 is 0 Å². The van der Waals surface area contributed by atoms with Crippen LogP contribution in [0.3, 0.4) is 0 Å². The van der Waals surface area contributed by atoms with Crippen molar-refractivity contribution in [2.24, 2.45) is 4.99 Å². The van der Waals surface area contributed by atoms with E-state index in [9.17, 15) is 0 Å². The van der Waals surface area contributed by atoms with Crippen molar-refractivity contribution in [3.8, 4) is 0 Å². The molecule has 0 aliphatic heterocycles. The van der Waals surface area contributed by atoms with Gasteiger partial charge in [-0.25, -0.2) is 9.98 Å². The van der Waals surface area contributed by atoms with Crippen molar-refractivity contribution in [3.05, 3.63) is 34.9 Å². The number of nitrogens with one attached hydrogen (secondary N) is 2. The Kier molecular flexibility index (Phi) is 6.83. The maximum absolute atomic E-state index is 5.82. The summed E-state index contributed by atoms with van der Waals surface area (Å²) >= 11 is 0. The third kappa shape index (κ3) is 5.09. The van der Waals surface area contributed by atoms with Gasteiger partial charge < -0.3 is 19.6 Å². The zero-order valence-corrected chi connectivity index (χ0v) is 16.8. The van der Waals surface area contributed by atoms with E-state index in [1.54, 1.807) is 6.20 Å². The van der Waals surface area contributed by atoms with Crippen molar-refractivity contribution >= 4 is 5.96 Å². The summed E-state index contributed by atoms with van der Waals surface area (Å²) in [5.74, 6) is 3.15. The van der Waals surface area contributed by atoms with E-state index in [1.165, 1.54) is 0 Å². The first-order valence-electron chi connectivity index (χ1n) is 9.32. The van der Waals surface area contributed by atoms with Crippen molar-refractivity contribution in [2.45, 2.75) is 72.9 Å². The lowest BCUT2D eigenvalue weighted by Gasteiger charge is -2.13. The van der Waals surface area contributed by atoms with E-state index in [4.69, 9.17) is 8.94 Å². The maximum Gasteiger partial charge on any atom is 0.213 e. The summed E-state index contributed by atoms with van der Waals surface area (Å²) in [6.45, 7) is 14.3. The van der Waals surface area contributed by atoms with Crippen LogP contribution in [0, 0.1) is 0 Å². The predicted molar refractivity (Wildman–Crippen MR) is 102 cm³/mol. The molecule has 2 N–H and O–H groups in total. The second kappa shape index (κ2) is 8.87. The Morgan fingerprint density at radius 1 is 1.15 bits per heavy atom. The first-order chi connectivity index (χ1) is 12.4. The quantitative estimate of drug-likeness (QED) is 0.581. The highest BCUT2D eigenvalue weighted by molar-refractivity contribution is 5.79. The fourth-order valence-electron chi connectivity index (χ4n) is 2.51. The maximum atomic E-state index is 5.82. The van der Waals surface area contributed by atoms with E-state index in [-0.39, 0.29) is 5.41 Å². The SMILES string of the molecule is CCNC(=NCc1c(CC)noc1CC)NCc1ncc(C(C)(C)C)o1. The van der Waals surface area contributed by atoms with E-state index in [2.05, 4.69) is 60.4 Å². The second-order valence-electron chi connectivity index (χ2n) is 7.16. The molecule has 2 aromatic heterocycles. The van der Waals surface area contributed by atoms with Crippen LogP contribution in [0.1, 0.15) is 70.2 Å². The highest BCUT2D eigenvalue weighted by Crippen LogP contribution is 2.22. The highest BCUT2D eigenvalue weighted by Gasteiger charge is 2.19. The molecule has 0 bridgehead atoms. The van der Waals surface area contributed by atoms with Crippen LogP contribution in [0.5, 0.6) is 0 Å². The Bertz CT molecular complexity index is 703. The van der Waals surface area contributed by atoms with Gasteiger partial charge in [0, 0.05) is 23.9 Å². The lowest BCUT2D eigenvalue weighted by atomic mass is 9.94. The van der Waals surface area contributed by atoms with Crippen molar-refractivity contribution in [2.75, 3.05) is 6.54 Å². The average molecular weight is 361 g/mol. The molecule has 0 spiro atoms. The number of aliphatic imine (C=N–C) groups is 1. The zero-order valence-electron chi connectivity index (χ0n) is 16.8. The van der Waals surface area contributed by atoms with Crippen LogP contribution in [0.25, 0.3) is 0 Å². The second-order valence-corrected chi connectivity index (χ2v) is 7.16. The van der Waals surface area contributed by atoms with E-state index < -0.39 is 0 Å². The number of guanidine groups is 1. The van der Waals surface area contributed by atoms with Crippen LogP contribution < -0.4 is 10.6 Å². The third-order valence-electron chi connectivity index (χ3n) is 4.05. The third-order valence-corrected chi connectivity index (χ3v) is 4.05. The van der Waals surface area contributed by atoms with Gasteiger partial charge in [-0.2, -0.15) is 0 Å². The first-order valence-corrected chi connectivity index (χ1v) is 9.32. The highest BCUT2D eigenvalue weighted by atomic mass is 16.5. The summed E-state index contributed by atoms with van der Waals surface area (Å²) < 4.78 is 11.2. The average Bonchev–Trinajstić information content (AvgIpc) is 3.23. The normalized spacial score (nSPS) is 12.5. The topological polar surface area (TPSA) is 88.5 Å². The van der Waals surface area contributed by atoms with Crippen LogP contribution in [0.2, 0.25) is 0 Å². The number of hydrogen-bond donors (Lipinski definition) is 2. The molecule has 2 rings (SSSR count). The van der Waals surface area contributed by atoms with Crippen LogP contribution in [-0.4, -0.2) is 22.6 Å². The Labute approximate surface area is 155 Å². The van der Waals surface area contributed by atoms with Crippen LogP contribution in [0.15, 0.2) is 20.1 Å². The van der Waals surface area contributed by atoms with Crippen molar-refractivity contribution in [1.29, 1.82) is 0 Å². The van der Waals surface area contributed by atoms with Gasteiger partial charge in [0.25, 0.3) is 0 Å². The Balaban J connectivity index is 2.05. The minimum Gasteiger partial charge on any atom is -0.443 e. The molecule has 0 radical (unpaired) electrons. The number of hydrogen-bond acceptors (Lipinski definition) is 5. The predicted octanol–water partition coefficient (Wildman–Crippen LogP) is 3.34. The standard InChI is InChI=1S/C19H31N5O2/c1-7-14-13(15(8-2)26-24-14)10-22-18(20-9-3)23-12-17-21-11-16(25-17)19(4,5)6/h11H,7-10,12H2,1-6H3,(H2,20,22,23). The molecule has 7 heteroatoms. The summed E-state index contributed by atoms with van der Waals surface area (Å²) in [5, 5.41) is 10.7. The molecule has 0 saturated carbocycles. The molecule has 0 aliphatic carbocycles. The van der Waals surface area contributed by atoms with Crippen molar-refractivity contribution in [1.82, 2.24) is 20.8 Å². The molecular formula is C19H31N5O2. The Hall–Kier alpha value is -2.31. The Morgan fingerprint density at radius 3 is 2.50 bits per heavy atom. The van der Waals surface area contributed by atoms with E-state index in [0.717, 1.165) is 42.2 Å². The zero-order chi connectivity index (χ0) is 19.2. The summed E-state index contributed by atoms with van der Waals surface area (Å²) in [7, 11) is 0. The smallest absolute Gasteiger partial charge is 0.213 e. The minimum absolute atomic E-state index is 0.0504. The van der Waals surface area contributed by atoms with Crippen molar-refractivity contribution in [3.63, 3.8) is 0 Å². The van der Waals surface area contributed by atoms with Gasteiger partial charge in [0.2, 0.25) is 5.89 Å². The fourth-order valence-corrected chi connectivity index (χ4v) is 2.51. The summed E-state index contributed by atoms with van der Waals surface area (Å²) in [4.78, 5) is 9.01. The fraction of sp³-hybridized carbons (Fsp3) is 0.632. The monoisotopic (exact) mass is 361 g/mol. The molecule has 0 saturated heterocycles. The Morgan fingerprint density at radius 2 is 1.92 bits per heavy atom. The molecule has 2 heterocycles. The van der Waals surface area contributed by atoms with Gasteiger partial charge in [-0.3, -0.25) is 0 Å². The molecule has 7 nitrogen and oxygen atoms in total. The number of aryl methyl sites for hydroxylation is 2. The van der Waals surface area contributed by atoms with Crippen LogP contribution in [-0.2, 0) is 31.3 Å². The number of nitrogens with zero attached hydrogens (tertiary/aromatic N) is 3. The molecule has 144 valence electrons. The summed E-state index contributed by atoms with van der Waals surface area (Å²) in [5.41, 5.74) is 2.01. The molecule has 0 fully saturated rings. The number of oxazole rings is 1. The number of rotatable bonds is 7. The lowest BCUT2D eigenvalue weighted by Crippen LogP contribution is -2.36. The molecular weight excluding hydrogens is 330 g/mol. The van der Waals surface area contributed by atoms with Crippen molar-refractivity contribution < 1.29 is 8.94 Å². The van der Waals surface area contributed by atoms with Gasteiger partial charge in [-0.05, 0) is 13.3 Å². The lowest BCUT2D eigenvalue weighted by molar-refractivity contribution is 0.379. The molecule has 2 aromatic rings. The summed E-state index contributed by atoms with van der Waals surface area (Å²) in [6, 6.07) is 0. The molecule has 0 aliphatic rings. The van der Waals surface area contributed by atoms with Crippen LogP contribution >= 0.6 is 0 Å². The largest absolute Gasteiger partial charge is 0.443 e. The molecule has 0 unspecified atom stereocenters. The minimum atomic E-state index is -0.0504. The molecule has 0 aromatic carbocycles. The van der Waals surface area contributed by atoms with E-state index in [1.807, 2.05) is 6.92 Å². The number of aromatic nitrogens is 2. The molecule has 26 heavy (non-hydrogen) atoms. The van der Waals surface area contributed by atoms with Gasteiger partial charge in [0.15, 0.2) is 5.96 Å². The first kappa shape index (κ1) is 20.0. The van der Waals surface area contributed by atoms with E-state index in [0.29, 0.717) is 24.9 Å². The van der Waals surface area contributed by atoms with Gasteiger partial charge in [0.05, 0.1) is 25.0 Å². The van der Waals surface area contributed by atoms with Gasteiger partial charge in [-0.15, -0.1) is 0 Å². The summed E-state index contributed by atoms with van der Waals surface area (Å²) in [6.07, 6.45) is 3.44. The molecule has 0 amide bonds.